The number of carbonyl (C=O) groups is 2. The van der Waals surface area contributed by atoms with Crippen LogP contribution in [0.1, 0.15) is 236 Å². The van der Waals surface area contributed by atoms with E-state index in [1.165, 1.54) is 141 Å². The molecule has 2 unspecified atom stereocenters. The van der Waals surface area contributed by atoms with Crippen molar-refractivity contribution in [2.24, 2.45) is 0 Å². The van der Waals surface area contributed by atoms with Crippen molar-refractivity contribution in [1.82, 2.24) is 0 Å². The lowest BCUT2D eigenvalue weighted by molar-refractivity contribution is -0.322. The molecule has 0 aromatic heterocycles. The highest BCUT2D eigenvalue weighted by Crippen LogP contribution is 2.32. The predicted molar refractivity (Wildman–Crippen MR) is 316 cm³/mol. The van der Waals surface area contributed by atoms with Gasteiger partial charge in [-0.3, -0.25) is 14.1 Å². The first-order valence-electron chi connectivity index (χ1n) is 31.2. The Hall–Kier alpha value is -3.69. The second kappa shape index (κ2) is 44.0. The average Bonchev–Trinajstić information content (AvgIpc) is 3.48. The van der Waals surface area contributed by atoms with Crippen molar-refractivity contribution in [1.29, 1.82) is 0 Å². The first kappa shape index (κ1) is 67.8. The van der Waals surface area contributed by atoms with Crippen LogP contribution < -0.4 is 0 Å². The van der Waals surface area contributed by atoms with Crippen LogP contribution in [0.4, 0.5) is 0 Å². The largest absolute Gasteiger partial charge is 0.462 e. The molecule has 0 bridgehead atoms. The molecule has 13 heteroatoms. The minimum absolute atomic E-state index is 0.0844. The molecule has 0 saturated carbocycles. The van der Waals surface area contributed by atoms with Crippen LogP contribution in [0, 0.1) is 0 Å². The summed E-state index contributed by atoms with van der Waals surface area (Å²) >= 11 is 0. The van der Waals surface area contributed by atoms with E-state index >= 15 is 0 Å². The van der Waals surface area contributed by atoms with E-state index in [1.807, 2.05) is 91.0 Å². The summed E-state index contributed by atoms with van der Waals surface area (Å²) in [5.74, 6) is -1.62. The lowest BCUT2D eigenvalue weighted by Crippen LogP contribution is -2.62. The normalized spacial score (nSPS) is 17.9. The van der Waals surface area contributed by atoms with E-state index in [4.69, 9.17) is 33.2 Å². The molecule has 3 aromatic carbocycles. The molecule has 3 aromatic rings. The fourth-order valence-corrected chi connectivity index (χ4v) is 11.0. The van der Waals surface area contributed by atoms with Gasteiger partial charge >= 0.3 is 11.9 Å². The van der Waals surface area contributed by atoms with Crippen molar-refractivity contribution < 1.29 is 55.7 Å². The zero-order valence-electron chi connectivity index (χ0n) is 48.8. The molecule has 1 heterocycles. The molecule has 0 aliphatic carbocycles. The van der Waals surface area contributed by atoms with Gasteiger partial charge in [0.1, 0.15) is 36.8 Å². The van der Waals surface area contributed by atoms with Crippen molar-refractivity contribution in [2.45, 2.75) is 276 Å². The molecule has 446 valence electrons. The highest BCUT2D eigenvalue weighted by molar-refractivity contribution is 7.85. The highest BCUT2D eigenvalue weighted by atomic mass is 32.2. The Bertz CT molecular complexity index is 2040. The summed E-state index contributed by atoms with van der Waals surface area (Å²) in [6, 6.07) is 28.6. The smallest absolute Gasteiger partial charge is 0.306 e. The molecule has 0 radical (unpaired) electrons. The SMILES string of the molecule is CCCCCCCCCCCCCCCCCC(=O)OCC(COC1O[C@H](CS(=O)(=O)O)[C@@H](OCc2ccccc2)[C@H](OCc2ccccc2)[C@@H]1OCc1ccccc1)OC(=O)CCCCCCCCCCCCCCCCC. The molecule has 4 rings (SSSR count). The van der Waals surface area contributed by atoms with E-state index in [-0.39, 0.29) is 51.8 Å². The minimum Gasteiger partial charge on any atom is -0.462 e. The Morgan fingerprint density at radius 1 is 0.443 bits per heavy atom. The maximum atomic E-state index is 13.5. The third-order valence-corrected chi connectivity index (χ3v) is 15.7. The van der Waals surface area contributed by atoms with E-state index < -0.39 is 58.7 Å². The third kappa shape index (κ3) is 33.1. The van der Waals surface area contributed by atoms with Gasteiger partial charge in [0.2, 0.25) is 0 Å². The predicted octanol–water partition coefficient (Wildman–Crippen LogP) is 16.3. The quantitative estimate of drug-likeness (QED) is 0.0325. The van der Waals surface area contributed by atoms with Gasteiger partial charge < -0.3 is 33.2 Å². The van der Waals surface area contributed by atoms with Gasteiger partial charge in [-0.2, -0.15) is 8.42 Å². The molecule has 0 amide bonds. The van der Waals surface area contributed by atoms with Crippen molar-refractivity contribution >= 4 is 22.1 Å². The van der Waals surface area contributed by atoms with Gasteiger partial charge in [-0.25, -0.2) is 0 Å². The van der Waals surface area contributed by atoms with Gasteiger partial charge in [0.15, 0.2) is 12.4 Å². The van der Waals surface area contributed by atoms with Crippen LogP contribution in [-0.4, -0.2) is 80.7 Å². The van der Waals surface area contributed by atoms with Crippen LogP contribution in [0.15, 0.2) is 91.0 Å². The van der Waals surface area contributed by atoms with E-state index in [2.05, 4.69) is 13.8 Å². The molecule has 12 nitrogen and oxygen atoms in total. The Morgan fingerprint density at radius 3 is 1.16 bits per heavy atom. The maximum Gasteiger partial charge on any atom is 0.306 e. The van der Waals surface area contributed by atoms with Crippen LogP contribution in [0.25, 0.3) is 0 Å². The Balaban J connectivity index is 1.39. The van der Waals surface area contributed by atoms with Crippen LogP contribution in [-0.2, 0) is 72.7 Å². The second-order valence-electron chi connectivity index (χ2n) is 22.1. The van der Waals surface area contributed by atoms with Crippen molar-refractivity contribution in [3.63, 3.8) is 0 Å². The minimum atomic E-state index is -4.62. The molecule has 0 spiro atoms. The van der Waals surface area contributed by atoms with Crippen molar-refractivity contribution in [3.8, 4) is 0 Å². The molecule has 6 atom stereocenters. The maximum absolute atomic E-state index is 13.5. The molecule has 1 aliphatic heterocycles. The molecule has 1 aliphatic rings. The van der Waals surface area contributed by atoms with Crippen LogP contribution in [0.5, 0.6) is 0 Å². The lowest BCUT2D eigenvalue weighted by Gasteiger charge is -2.45. The number of benzene rings is 3. The van der Waals surface area contributed by atoms with E-state index in [9.17, 15) is 22.6 Å². The second-order valence-corrected chi connectivity index (χ2v) is 23.6. The molecule has 79 heavy (non-hydrogen) atoms. The fourth-order valence-electron chi connectivity index (χ4n) is 10.3. The summed E-state index contributed by atoms with van der Waals surface area (Å²) < 4.78 is 80.4. The number of hydrogen-bond acceptors (Lipinski definition) is 11. The number of carbonyl (C=O) groups excluding carboxylic acids is 2. The van der Waals surface area contributed by atoms with E-state index in [1.54, 1.807) is 0 Å². The number of rotatable bonds is 49. The van der Waals surface area contributed by atoms with E-state index in [0.717, 1.165) is 55.2 Å². The summed E-state index contributed by atoms with van der Waals surface area (Å²) in [7, 11) is -4.62. The van der Waals surface area contributed by atoms with Crippen LogP contribution in [0.3, 0.4) is 0 Å². The van der Waals surface area contributed by atoms with Crippen LogP contribution in [0.2, 0.25) is 0 Å². The average molecular weight is 1120 g/mol. The summed E-state index contributed by atoms with van der Waals surface area (Å²) in [5, 5.41) is 0. The van der Waals surface area contributed by atoms with Crippen molar-refractivity contribution in [2.75, 3.05) is 19.0 Å². The summed E-state index contributed by atoms with van der Waals surface area (Å²) in [6.45, 7) is 4.32. The van der Waals surface area contributed by atoms with Gasteiger partial charge in [0.05, 0.1) is 26.4 Å². The van der Waals surface area contributed by atoms with Gasteiger partial charge in [-0.15, -0.1) is 0 Å². The van der Waals surface area contributed by atoms with Gasteiger partial charge in [-0.1, -0.05) is 285 Å². The number of esters is 2. The Labute approximate surface area is 478 Å². The number of hydrogen-bond donors (Lipinski definition) is 1. The molecular weight excluding hydrogens is 1020 g/mol. The zero-order valence-corrected chi connectivity index (χ0v) is 49.7. The third-order valence-electron chi connectivity index (χ3n) is 15.0. The summed E-state index contributed by atoms with van der Waals surface area (Å²) in [4.78, 5) is 26.8. The number of ether oxygens (including phenoxy) is 7. The van der Waals surface area contributed by atoms with Crippen molar-refractivity contribution in [3.05, 3.63) is 108 Å². The first-order chi connectivity index (χ1) is 38.6. The molecule has 1 saturated heterocycles. The lowest BCUT2D eigenvalue weighted by atomic mass is 9.98. The highest BCUT2D eigenvalue weighted by Gasteiger charge is 2.50. The molecular formula is C66H104O12S. The Kier molecular flexibility index (Phi) is 37.7. The standard InChI is InChI=1S/C66H104O12S/c1-3-5-7-9-11-13-15-17-19-21-23-25-27-29-40-48-61(67)72-53-59(77-62(68)49-41-30-28-26-24-22-20-18-16-14-12-10-8-6-4-2)54-76-66-65(75-52-58-46-38-33-39-47-58)64(74-51-57-44-36-32-37-45-57)63(60(78-66)55-79(69,70)71)73-50-56-42-34-31-35-43-56/h31-39,42-47,59-60,63-66H,3-30,40-41,48-55H2,1-2H3,(H,69,70,71)/t59?,60-,63-,64+,65+,66?/m1/s1. The zero-order chi connectivity index (χ0) is 56.3. The number of unbranched alkanes of at least 4 members (excludes halogenated alkanes) is 28. The van der Waals surface area contributed by atoms with E-state index in [0.29, 0.717) is 12.8 Å². The first-order valence-corrected chi connectivity index (χ1v) is 32.8. The summed E-state index contributed by atoms with van der Waals surface area (Å²) in [5.41, 5.74) is 2.54. The fraction of sp³-hybridized carbons (Fsp3) is 0.697. The van der Waals surface area contributed by atoms with Crippen LogP contribution >= 0.6 is 0 Å². The summed E-state index contributed by atoms with van der Waals surface area (Å²) in [6.07, 6.45) is 30.4. The Morgan fingerprint density at radius 2 is 0.785 bits per heavy atom. The van der Waals surface area contributed by atoms with Gasteiger partial charge in [0.25, 0.3) is 10.1 Å². The molecule has 1 N–H and O–H groups in total. The van der Waals surface area contributed by atoms with Gasteiger partial charge in [-0.05, 0) is 29.5 Å². The van der Waals surface area contributed by atoms with Gasteiger partial charge in [0, 0.05) is 12.8 Å². The topological polar surface area (TPSA) is 153 Å². The monoisotopic (exact) mass is 1120 g/mol. The molecule has 1 fully saturated rings.